The summed E-state index contributed by atoms with van der Waals surface area (Å²) in [6.45, 7) is 2.72. The molecule has 1 aromatic heterocycles. The van der Waals surface area contributed by atoms with Gasteiger partial charge in [0.2, 0.25) is 0 Å². The van der Waals surface area contributed by atoms with Gasteiger partial charge in [-0.05, 0) is 53.6 Å². The molecule has 30 heavy (non-hydrogen) atoms. The molecule has 0 bridgehead atoms. The summed E-state index contributed by atoms with van der Waals surface area (Å²) in [6.07, 6.45) is 1.89. The van der Waals surface area contributed by atoms with Crippen LogP contribution in [0.5, 0.6) is 0 Å². The van der Waals surface area contributed by atoms with E-state index in [1.807, 2.05) is 18.2 Å². The van der Waals surface area contributed by atoms with E-state index in [-0.39, 0.29) is 10.1 Å². The predicted octanol–water partition coefficient (Wildman–Crippen LogP) is 4.57. The Morgan fingerprint density at radius 3 is 2.33 bits per heavy atom. The fourth-order valence-electron chi connectivity index (χ4n) is 3.15. The smallest absolute Gasteiger partial charge is 0.273 e. The Morgan fingerprint density at radius 1 is 1.03 bits per heavy atom. The maximum atomic E-state index is 12.6. The third-order valence-corrected chi connectivity index (χ3v) is 8.26. The third kappa shape index (κ3) is 5.29. The molecule has 1 N–H and O–H groups in total. The lowest BCUT2D eigenvalue weighted by Gasteiger charge is -2.19. The van der Waals surface area contributed by atoms with E-state index >= 15 is 0 Å². The van der Waals surface area contributed by atoms with Gasteiger partial charge in [0.1, 0.15) is 4.21 Å². The number of benzene rings is 2. The molecule has 0 aliphatic heterocycles. The van der Waals surface area contributed by atoms with Crippen molar-refractivity contribution >= 4 is 33.0 Å². The summed E-state index contributed by atoms with van der Waals surface area (Å²) in [4.78, 5) is 12.5. The summed E-state index contributed by atoms with van der Waals surface area (Å²) in [5.41, 5.74) is 2.28. The van der Waals surface area contributed by atoms with Gasteiger partial charge in [-0.1, -0.05) is 49.7 Å². The van der Waals surface area contributed by atoms with Crippen molar-refractivity contribution in [3.8, 4) is 0 Å². The van der Waals surface area contributed by atoms with Crippen molar-refractivity contribution in [3.05, 3.63) is 83.2 Å². The largest absolute Gasteiger partial charge is 0.352 e. The summed E-state index contributed by atoms with van der Waals surface area (Å²) in [5.74, 6) is 0.203. The second-order valence-corrected chi connectivity index (χ2v) is 10.3. The van der Waals surface area contributed by atoms with Crippen LogP contribution < -0.4 is 9.62 Å². The van der Waals surface area contributed by atoms with Gasteiger partial charge in [0.25, 0.3) is 15.9 Å². The van der Waals surface area contributed by atoms with Gasteiger partial charge in [-0.2, -0.15) is 0 Å². The minimum atomic E-state index is -3.59. The van der Waals surface area contributed by atoms with Crippen LogP contribution in [-0.2, 0) is 16.4 Å². The Bertz CT molecular complexity index is 1050. The molecular formula is C23H26N2O3S2. The van der Waals surface area contributed by atoms with Crippen LogP contribution in [0.2, 0.25) is 0 Å². The van der Waals surface area contributed by atoms with E-state index in [0.29, 0.717) is 23.7 Å². The first-order chi connectivity index (χ1) is 14.4. The zero-order valence-corrected chi connectivity index (χ0v) is 18.7. The Labute approximate surface area is 182 Å². The Kier molecular flexibility index (Phi) is 7.29. The van der Waals surface area contributed by atoms with Gasteiger partial charge in [0.15, 0.2) is 0 Å². The van der Waals surface area contributed by atoms with Crippen LogP contribution in [0.1, 0.15) is 29.3 Å². The summed E-state index contributed by atoms with van der Waals surface area (Å²) in [7, 11) is -2.07. The number of rotatable bonds is 9. The number of anilines is 1. The van der Waals surface area contributed by atoms with E-state index in [1.54, 1.807) is 41.8 Å². The molecule has 0 aliphatic rings. The molecule has 0 radical (unpaired) electrons. The van der Waals surface area contributed by atoms with Crippen LogP contribution in [0.25, 0.3) is 0 Å². The summed E-state index contributed by atoms with van der Waals surface area (Å²) in [6, 6.07) is 20.2. The highest BCUT2D eigenvalue weighted by atomic mass is 32.2. The van der Waals surface area contributed by atoms with Crippen molar-refractivity contribution in [1.29, 1.82) is 0 Å². The first-order valence-electron chi connectivity index (χ1n) is 9.86. The van der Waals surface area contributed by atoms with Crippen LogP contribution in [0, 0.1) is 5.92 Å². The molecule has 3 rings (SSSR count). The van der Waals surface area contributed by atoms with E-state index < -0.39 is 10.0 Å². The lowest BCUT2D eigenvalue weighted by molar-refractivity contribution is 0.0946. The molecule has 0 fully saturated rings. The fourth-order valence-corrected chi connectivity index (χ4v) is 5.51. The number of carbonyl (C=O) groups is 1. The third-order valence-electron chi connectivity index (χ3n) is 5.10. The zero-order valence-electron chi connectivity index (χ0n) is 17.1. The van der Waals surface area contributed by atoms with E-state index in [9.17, 15) is 13.2 Å². The Balaban J connectivity index is 1.60. The van der Waals surface area contributed by atoms with Crippen LogP contribution in [-0.4, -0.2) is 27.9 Å². The van der Waals surface area contributed by atoms with E-state index in [2.05, 4.69) is 24.4 Å². The normalized spacial score (nSPS) is 12.3. The number of amides is 1. The van der Waals surface area contributed by atoms with Crippen molar-refractivity contribution in [2.45, 2.75) is 24.0 Å². The number of nitrogens with one attached hydrogen (secondary N) is 1. The van der Waals surface area contributed by atoms with Crippen LogP contribution in [0.4, 0.5) is 5.69 Å². The molecule has 5 nitrogen and oxygen atoms in total. The highest BCUT2D eigenvalue weighted by Gasteiger charge is 2.22. The highest BCUT2D eigenvalue weighted by molar-refractivity contribution is 7.94. The Hall–Kier alpha value is -2.64. The van der Waals surface area contributed by atoms with E-state index in [4.69, 9.17) is 0 Å². The first-order valence-corrected chi connectivity index (χ1v) is 12.2. The van der Waals surface area contributed by atoms with Crippen LogP contribution >= 0.6 is 11.3 Å². The molecule has 1 unspecified atom stereocenters. The van der Waals surface area contributed by atoms with Gasteiger partial charge >= 0.3 is 0 Å². The highest BCUT2D eigenvalue weighted by Crippen LogP contribution is 2.25. The molecule has 1 heterocycles. The lowest BCUT2D eigenvalue weighted by atomic mass is 9.97. The maximum Gasteiger partial charge on any atom is 0.273 e. The number of thiophene rings is 1. The fraction of sp³-hybridized carbons (Fsp3) is 0.261. The predicted molar refractivity (Wildman–Crippen MR) is 123 cm³/mol. The number of hydrogen-bond donors (Lipinski definition) is 1. The summed E-state index contributed by atoms with van der Waals surface area (Å²) in [5, 5.41) is 4.73. The monoisotopic (exact) mass is 442 g/mol. The molecule has 7 heteroatoms. The van der Waals surface area contributed by atoms with Crippen molar-refractivity contribution in [2.75, 3.05) is 17.9 Å². The van der Waals surface area contributed by atoms with Crippen LogP contribution in [0.3, 0.4) is 0 Å². The van der Waals surface area contributed by atoms with E-state index in [0.717, 1.165) is 12.8 Å². The minimum absolute atomic E-state index is 0.156. The van der Waals surface area contributed by atoms with E-state index in [1.165, 1.54) is 28.3 Å². The molecule has 0 saturated heterocycles. The maximum absolute atomic E-state index is 12.6. The van der Waals surface area contributed by atoms with Gasteiger partial charge in [-0.15, -0.1) is 11.3 Å². The number of sulfonamides is 1. The first kappa shape index (κ1) is 22.1. The number of carbonyl (C=O) groups excluding carboxylic acids is 1. The van der Waals surface area contributed by atoms with Crippen LogP contribution in [0.15, 0.2) is 76.3 Å². The average molecular weight is 443 g/mol. The molecule has 0 spiro atoms. The topological polar surface area (TPSA) is 66.5 Å². The molecule has 0 aliphatic carbocycles. The van der Waals surface area contributed by atoms with Gasteiger partial charge in [-0.3, -0.25) is 9.10 Å². The summed E-state index contributed by atoms with van der Waals surface area (Å²) < 4.78 is 26.8. The number of hydrogen-bond acceptors (Lipinski definition) is 4. The number of nitrogens with zero attached hydrogens (tertiary/aromatic N) is 1. The zero-order chi connectivity index (χ0) is 21.6. The molecular weight excluding hydrogens is 416 g/mol. The molecule has 158 valence electrons. The average Bonchev–Trinajstić information content (AvgIpc) is 3.32. The Morgan fingerprint density at radius 2 is 1.73 bits per heavy atom. The van der Waals surface area contributed by atoms with Gasteiger partial charge < -0.3 is 5.32 Å². The van der Waals surface area contributed by atoms with Crippen molar-refractivity contribution < 1.29 is 13.2 Å². The SMILES string of the molecule is CCC(CNC(=O)c1ccc(N(C)S(=O)(=O)c2cccs2)cc1)Cc1ccccc1. The molecule has 2 aromatic carbocycles. The van der Waals surface area contributed by atoms with Gasteiger partial charge in [0.05, 0.1) is 5.69 Å². The second kappa shape index (κ2) is 9.91. The van der Waals surface area contributed by atoms with Crippen molar-refractivity contribution in [2.24, 2.45) is 5.92 Å². The molecule has 1 amide bonds. The molecule has 1 atom stereocenters. The lowest BCUT2D eigenvalue weighted by Crippen LogP contribution is -2.30. The molecule has 0 saturated carbocycles. The van der Waals surface area contributed by atoms with Crippen molar-refractivity contribution in [1.82, 2.24) is 5.32 Å². The minimum Gasteiger partial charge on any atom is -0.352 e. The molecule has 3 aromatic rings. The second-order valence-electron chi connectivity index (χ2n) is 7.13. The summed E-state index contributed by atoms with van der Waals surface area (Å²) >= 11 is 1.18. The standard InChI is InChI=1S/C23H26N2O3S2/c1-3-18(16-19-8-5-4-6-9-19)17-24-23(26)20-11-13-21(14-12-20)25(2)30(27,28)22-10-7-15-29-22/h4-15,18H,3,16-17H2,1-2H3,(H,24,26). The quantitative estimate of drug-likeness (QED) is 0.528. The van der Waals surface area contributed by atoms with Crippen molar-refractivity contribution in [3.63, 3.8) is 0 Å². The van der Waals surface area contributed by atoms with Gasteiger partial charge in [0, 0.05) is 19.2 Å². The van der Waals surface area contributed by atoms with Gasteiger partial charge in [-0.25, -0.2) is 8.42 Å².